The molecular weight excluding hydrogens is 414 g/mol. The van der Waals surface area contributed by atoms with E-state index in [9.17, 15) is 9.90 Å². The van der Waals surface area contributed by atoms with Crippen LogP contribution >= 0.6 is 0 Å². The summed E-state index contributed by atoms with van der Waals surface area (Å²) in [6.45, 7) is 7.18. The van der Waals surface area contributed by atoms with Crippen LogP contribution in [0.5, 0.6) is 0 Å². The van der Waals surface area contributed by atoms with Crippen LogP contribution in [0.4, 0.5) is 16.6 Å². The molecule has 32 heavy (non-hydrogen) atoms. The molecule has 0 radical (unpaired) electrons. The van der Waals surface area contributed by atoms with Crippen molar-refractivity contribution in [3.63, 3.8) is 0 Å². The third-order valence-corrected chi connectivity index (χ3v) is 5.66. The fraction of sp³-hybridized carbons (Fsp3) is 0.571. The first kappa shape index (κ1) is 22.2. The van der Waals surface area contributed by atoms with E-state index in [0.717, 1.165) is 5.56 Å². The maximum atomic E-state index is 12.2. The molecule has 2 aromatic rings. The summed E-state index contributed by atoms with van der Waals surface area (Å²) in [6.07, 6.45) is 3.66. The number of rotatable bonds is 6. The van der Waals surface area contributed by atoms with Crippen LogP contribution in [0.1, 0.15) is 19.2 Å². The van der Waals surface area contributed by atoms with Gasteiger partial charge in [0, 0.05) is 50.2 Å². The molecule has 2 fully saturated rings. The number of nitrogens with zero attached hydrogens (tertiary/aromatic N) is 6. The Kier molecular flexibility index (Phi) is 6.66. The molecule has 0 saturated carbocycles. The number of aryl methyl sites for hydroxylation is 1. The highest BCUT2D eigenvalue weighted by atomic mass is 16.6. The van der Waals surface area contributed by atoms with Crippen LogP contribution in [0.15, 0.2) is 18.5 Å². The van der Waals surface area contributed by atoms with Gasteiger partial charge in [0.05, 0.1) is 37.7 Å². The van der Waals surface area contributed by atoms with Gasteiger partial charge in [0.25, 0.3) is 0 Å². The minimum atomic E-state index is -0.718. The molecule has 2 aliphatic heterocycles. The first-order chi connectivity index (χ1) is 15.5. The second kappa shape index (κ2) is 9.61. The lowest BCUT2D eigenvalue weighted by Gasteiger charge is -2.31. The van der Waals surface area contributed by atoms with Gasteiger partial charge in [0.1, 0.15) is 11.6 Å². The predicted molar refractivity (Wildman–Crippen MR) is 117 cm³/mol. The third kappa shape index (κ3) is 4.89. The molecule has 2 saturated heterocycles. The van der Waals surface area contributed by atoms with Crippen molar-refractivity contribution in [1.82, 2.24) is 24.8 Å². The minimum absolute atomic E-state index is 0.150. The summed E-state index contributed by atoms with van der Waals surface area (Å²) in [4.78, 5) is 33.9. The van der Waals surface area contributed by atoms with Crippen LogP contribution in [0, 0.1) is 6.92 Å². The van der Waals surface area contributed by atoms with Gasteiger partial charge >= 0.3 is 6.09 Å². The molecule has 2 N–H and O–H groups in total. The van der Waals surface area contributed by atoms with E-state index in [4.69, 9.17) is 19.4 Å². The SMILES string of the molecule is CCOC(=O)N1CC[C@](CO)(Nc2cc(-c3cnc(C)nc3)nc(N3CCOCC3)n2)C1. The topological polar surface area (TPSA) is 126 Å². The summed E-state index contributed by atoms with van der Waals surface area (Å²) in [5.74, 6) is 1.82. The Morgan fingerprint density at radius 1 is 1.25 bits per heavy atom. The van der Waals surface area contributed by atoms with Gasteiger partial charge in [-0.2, -0.15) is 4.98 Å². The first-order valence-corrected chi connectivity index (χ1v) is 10.8. The highest BCUT2D eigenvalue weighted by molar-refractivity contribution is 5.69. The molecule has 0 bridgehead atoms. The smallest absolute Gasteiger partial charge is 0.409 e. The molecule has 11 heteroatoms. The van der Waals surface area contributed by atoms with Gasteiger partial charge in [-0.1, -0.05) is 0 Å². The summed E-state index contributed by atoms with van der Waals surface area (Å²) >= 11 is 0. The van der Waals surface area contributed by atoms with Crippen LogP contribution < -0.4 is 10.2 Å². The Bertz CT molecular complexity index is 936. The van der Waals surface area contributed by atoms with Crippen molar-refractivity contribution in [2.24, 2.45) is 0 Å². The largest absolute Gasteiger partial charge is 0.450 e. The van der Waals surface area contributed by atoms with Crippen molar-refractivity contribution < 1.29 is 19.4 Å². The average Bonchev–Trinajstić information content (AvgIpc) is 3.25. The number of nitrogens with one attached hydrogen (secondary N) is 1. The summed E-state index contributed by atoms with van der Waals surface area (Å²) in [5, 5.41) is 13.6. The average molecular weight is 444 g/mol. The van der Waals surface area contributed by atoms with Gasteiger partial charge in [0.2, 0.25) is 5.95 Å². The van der Waals surface area contributed by atoms with E-state index in [0.29, 0.717) is 75.7 Å². The van der Waals surface area contributed by atoms with Crippen LogP contribution in [0.3, 0.4) is 0 Å². The number of anilines is 2. The first-order valence-electron chi connectivity index (χ1n) is 10.8. The number of hydrogen-bond acceptors (Lipinski definition) is 10. The van der Waals surface area contributed by atoms with Gasteiger partial charge in [-0.15, -0.1) is 0 Å². The Labute approximate surface area is 186 Å². The van der Waals surface area contributed by atoms with Crippen molar-refractivity contribution in [3.05, 3.63) is 24.3 Å². The number of hydrogen-bond donors (Lipinski definition) is 2. The molecule has 0 aliphatic carbocycles. The normalized spacial score (nSPS) is 21.0. The molecule has 11 nitrogen and oxygen atoms in total. The zero-order valence-electron chi connectivity index (χ0n) is 18.5. The number of morpholine rings is 1. The lowest BCUT2D eigenvalue weighted by molar-refractivity contribution is 0.112. The summed E-state index contributed by atoms with van der Waals surface area (Å²) in [5.41, 5.74) is 0.732. The van der Waals surface area contributed by atoms with Gasteiger partial charge in [0.15, 0.2) is 0 Å². The molecular formula is C21H29N7O4. The summed E-state index contributed by atoms with van der Waals surface area (Å²) in [6, 6.07) is 1.82. The number of carbonyl (C=O) groups excluding carboxylic acids is 1. The van der Waals surface area contributed by atoms with Gasteiger partial charge < -0.3 is 29.7 Å². The standard InChI is InChI=1S/C21H29N7O4/c1-3-32-20(30)28-5-4-21(13-28,14-29)26-18-10-17(16-11-22-15(2)23-12-16)24-19(25-18)27-6-8-31-9-7-27/h10-12,29H,3-9,13-14H2,1-2H3,(H,24,25,26)/t21-/m0/s1. The molecule has 0 unspecified atom stereocenters. The van der Waals surface area contributed by atoms with E-state index >= 15 is 0 Å². The maximum Gasteiger partial charge on any atom is 0.409 e. The number of likely N-dealkylation sites (tertiary alicyclic amines) is 1. The van der Waals surface area contributed by atoms with E-state index in [1.165, 1.54) is 0 Å². The third-order valence-electron chi connectivity index (χ3n) is 5.66. The maximum absolute atomic E-state index is 12.2. The molecule has 172 valence electrons. The fourth-order valence-corrected chi connectivity index (χ4v) is 3.86. The highest BCUT2D eigenvalue weighted by Crippen LogP contribution is 2.29. The Morgan fingerprint density at radius 3 is 2.69 bits per heavy atom. The Hall–Kier alpha value is -3.05. The number of ether oxygens (including phenoxy) is 2. The Morgan fingerprint density at radius 2 is 2.00 bits per heavy atom. The van der Waals surface area contributed by atoms with Gasteiger partial charge in [-0.05, 0) is 20.3 Å². The molecule has 4 heterocycles. The second-order valence-electron chi connectivity index (χ2n) is 7.99. The number of amides is 1. The zero-order chi connectivity index (χ0) is 22.6. The lowest BCUT2D eigenvalue weighted by atomic mass is 10.00. The molecule has 0 aromatic carbocycles. The van der Waals surface area contributed by atoms with Crippen LogP contribution in [-0.2, 0) is 9.47 Å². The molecule has 1 atom stereocenters. The quantitative estimate of drug-likeness (QED) is 0.670. The minimum Gasteiger partial charge on any atom is -0.450 e. The molecule has 4 rings (SSSR count). The number of aliphatic hydroxyl groups is 1. The predicted octanol–water partition coefficient (Wildman–Crippen LogP) is 1.08. The van der Waals surface area contributed by atoms with Crippen molar-refractivity contribution in [2.75, 3.05) is 62.8 Å². The highest BCUT2D eigenvalue weighted by Gasteiger charge is 2.40. The summed E-state index contributed by atoms with van der Waals surface area (Å²) < 4.78 is 10.6. The lowest BCUT2D eigenvalue weighted by Crippen LogP contribution is -2.46. The molecule has 0 spiro atoms. The van der Waals surface area contributed by atoms with E-state index < -0.39 is 5.54 Å². The second-order valence-corrected chi connectivity index (χ2v) is 7.99. The summed E-state index contributed by atoms with van der Waals surface area (Å²) in [7, 11) is 0. The fourth-order valence-electron chi connectivity index (χ4n) is 3.86. The van der Waals surface area contributed by atoms with Crippen LogP contribution in [0.25, 0.3) is 11.3 Å². The number of carbonyl (C=O) groups is 1. The molecule has 2 aliphatic rings. The molecule has 1 amide bonds. The van der Waals surface area contributed by atoms with Gasteiger partial charge in [-0.3, -0.25) is 0 Å². The molecule has 2 aromatic heterocycles. The number of aliphatic hydroxyl groups excluding tert-OH is 1. The van der Waals surface area contributed by atoms with E-state index in [1.54, 1.807) is 24.2 Å². The van der Waals surface area contributed by atoms with Gasteiger partial charge in [-0.25, -0.2) is 19.7 Å². The van der Waals surface area contributed by atoms with Crippen LogP contribution in [-0.4, -0.2) is 94.2 Å². The zero-order valence-corrected chi connectivity index (χ0v) is 18.5. The van der Waals surface area contributed by atoms with Crippen molar-refractivity contribution in [1.29, 1.82) is 0 Å². The van der Waals surface area contributed by atoms with Crippen molar-refractivity contribution in [2.45, 2.75) is 25.8 Å². The van der Waals surface area contributed by atoms with E-state index in [2.05, 4.69) is 20.2 Å². The van der Waals surface area contributed by atoms with Crippen LogP contribution in [0.2, 0.25) is 0 Å². The number of aromatic nitrogens is 4. The Balaban J connectivity index is 1.63. The van der Waals surface area contributed by atoms with E-state index in [-0.39, 0.29) is 12.7 Å². The monoisotopic (exact) mass is 443 g/mol. The van der Waals surface area contributed by atoms with Crippen molar-refractivity contribution >= 4 is 17.9 Å². The van der Waals surface area contributed by atoms with E-state index in [1.807, 2.05) is 13.0 Å². The van der Waals surface area contributed by atoms with Crippen molar-refractivity contribution in [3.8, 4) is 11.3 Å².